The first kappa shape index (κ1) is 11.0. The van der Waals surface area contributed by atoms with E-state index in [4.69, 9.17) is 4.74 Å². The first-order valence-electron chi connectivity index (χ1n) is 4.89. The Bertz CT molecular complexity index is 246. The second kappa shape index (κ2) is 5.60. The van der Waals surface area contributed by atoms with Gasteiger partial charge in [0, 0.05) is 26.3 Å². The molecule has 1 saturated heterocycles. The topological polar surface area (TPSA) is 29.5 Å². The van der Waals surface area contributed by atoms with Crippen LogP contribution in [0.4, 0.5) is 0 Å². The molecule has 1 heterocycles. The first-order chi connectivity index (χ1) is 6.77. The third-order valence-electron chi connectivity index (χ3n) is 2.33. The zero-order chi connectivity index (χ0) is 10.4. The van der Waals surface area contributed by atoms with Crippen molar-refractivity contribution in [1.82, 2.24) is 4.90 Å². The lowest BCUT2D eigenvalue weighted by atomic mass is 10.3. The molecule has 0 spiro atoms. The fourth-order valence-corrected chi connectivity index (χ4v) is 1.48. The number of hydrogen-bond acceptors (Lipinski definition) is 2. The van der Waals surface area contributed by atoms with Crippen molar-refractivity contribution in [3.8, 4) is 0 Å². The van der Waals surface area contributed by atoms with Gasteiger partial charge in [-0.05, 0) is 13.3 Å². The standard InChI is InChI=1S/C11H17NO2/c1-3-4-5-6-11(13)12-8-7-10(9-12)14-2/h3-6,10H,7-9H2,1-2H3/b4-3+,6-5+. The smallest absolute Gasteiger partial charge is 0.246 e. The average Bonchev–Trinajstić information content (AvgIpc) is 2.66. The second-order valence-electron chi connectivity index (χ2n) is 3.32. The van der Waals surface area contributed by atoms with Crippen molar-refractivity contribution in [3.05, 3.63) is 24.3 Å². The van der Waals surface area contributed by atoms with Crippen LogP contribution in [0.15, 0.2) is 24.3 Å². The molecule has 14 heavy (non-hydrogen) atoms. The van der Waals surface area contributed by atoms with Gasteiger partial charge in [0.1, 0.15) is 0 Å². The molecule has 0 bridgehead atoms. The van der Waals surface area contributed by atoms with Gasteiger partial charge < -0.3 is 9.64 Å². The molecule has 1 atom stereocenters. The number of methoxy groups -OCH3 is 1. The molecule has 78 valence electrons. The van der Waals surface area contributed by atoms with Crippen LogP contribution < -0.4 is 0 Å². The van der Waals surface area contributed by atoms with Crippen LogP contribution in [0.1, 0.15) is 13.3 Å². The maximum absolute atomic E-state index is 11.5. The van der Waals surface area contributed by atoms with E-state index in [0.717, 1.165) is 19.5 Å². The minimum atomic E-state index is 0.0719. The molecule has 0 aromatic rings. The first-order valence-corrected chi connectivity index (χ1v) is 4.89. The highest BCUT2D eigenvalue weighted by Crippen LogP contribution is 2.11. The van der Waals surface area contributed by atoms with Crippen molar-refractivity contribution in [2.75, 3.05) is 20.2 Å². The zero-order valence-electron chi connectivity index (χ0n) is 8.77. The number of likely N-dealkylation sites (tertiary alicyclic amines) is 1. The van der Waals surface area contributed by atoms with Crippen molar-refractivity contribution in [2.24, 2.45) is 0 Å². The molecule has 0 aromatic heterocycles. The average molecular weight is 195 g/mol. The molecule has 1 amide bonds. The Morgan fingerprint density at radius 1 is 1.50 bits per heavy atom. The Labute approximate surface area is 85.0 Å². The molecule has 1 aliphatic rings. The van der Waals surface area contributed by atoms with Gasteiger partial charge in [0.25, 0.3) is 0 Å². The van der Waals surface area contributed by atoms with Crippen LogP contribution in [-0.4, -0.2) is 37.1 Å². The summed E-state index contributed by atoms with van der Waals surface area (Å²) in [5.74, 6) is 0.0719. The van der Waals surface area contributed by atoms with Crippen LogP contribution in [0.2, 0.25) is 0 Å². The van der Waals surface area contributed by atoms with E-state index < -0.39 is 0 Å². The largest absolute Gasteiger partial charge is 0.380 e. The van der Waals surface area contributed by atoms with Crippen molar-refractivity contribution in [3.63, 3.8) is 0 Å². The maximum atomic E-state index is 11.5. The number of hydrogen-bond donors (Lipinski definition) is 0. The van der Waals surface area contributed by atoms with Crippen LogP contribution in [-0.2, 0) is 9.53 Å². The Kier molecular flexibility index (Phi) is 4.40. The third-order valence-corrected chi connectivity index (χ3v) is 2.33. The lowest BCUT2D eigenvalue weighted by molar-refractivity contribution is -0.125. The van der Waals surface area contributed by atoms with Gasteiger partial charge in [-0.3, -0.25) is 4.79 Å². The highest BCUT2D eigenvalue weighted by atomic mass is 16.5. The molecule has 0 saturated carbocycles. The van der Waals surface area contributed by atoms with Crippen molar-refractivity contribution in [1.29, 1.82) is 0 Å². The van der Waals surface area contributed by atoms with Crippen LogP contribution in [0, 0.1) is 0 Å². The highest BCUT2D eigenvalue weighted by Gasteiger charge is 2.24. The number of nitrogens with zero attached hydrogens (tertiary/aromatic N) is 1. The van der Waals surface area contributed by atoms with Gasteiger partial charge in [0.05, 0.1) is 6.10 Å². The molecule has 1 aliphatic heterocycles. The molecule has 1 rings (SSSR count). The molecule has 0 N–H and O–H groups in total. The van der Waals surface area contributed by atoms with E-state index in [2.05, 4.69) is 0 Å². The van der Waals surface area contributed by atoms with Crippen molar-refractivity contribution < 1.29 is 9.53 Å². The van der Waals surface area contributed by atoms with Crippen LogP contribution in [0.25, 0.3) is 0 Å². The van der Waals surface area contributed by atoms with Gasteiger partial charge in [-0.1, -0.05) is 18.2 Å². The molecule has 1 fully saturated rings. The van der Waals surface area contributed by atoms with E-state index in [1.165, 1.54) is 0 Å². The number of rotatable bonds is 3. The molecule has 3 nitrogen and oxygen atoms in total. The number of amides is 1. The van der Waals surface area contributed by atoms with Crippen LogP contribution in [0.5, 0.6) is 0 Å². The normalized spacial score (nSPS) is 22.7. The van der Waals surface area contributed by atoms with Crippen molar-refractivity contribution in [2.45, 2.75) is 19.4 Å². The molecular formula is C11H17NO2. The second-order valence-corrected chi connectivity index (χ2v) is 3.32. The fraction of sp³-hybridized carbons (Fsp3) is 0.545. The van der Waals surface area contributed by atoms with Crippen LogP contribution >= 0.6 is 0 Å². The third kappa shape index (κ3) is 3.00. The monoisotopic (exact) mass is 195 g/mol. The quantitative estimate of drug-likeness (QED) is 0.503. The van der Waals surface area contributed by atoms with Gasteiger partial charge in [0.2, 0.25) is 5.91 Å². The summed E-state index contributed by atoms with van der Waals surface area (Å²) in [5.41, 5.74) is 0. The lowest BCUT2D eigenvalue weighted by Crippen LogP contribution is -2.28. The number of carbonyl (C=O) groups is 1. The molecule has 0 aromatic carbocycles. The minimum absolute atomic E-state index is 0.0719. The fourth-order valence-electron chi connectivity index (χ4n) is 1.48. The molecule has 1 unspecified atom stereocenters. The lowest BCUT2D eigenvalue weighted by Gasteiger charge is -2.13. The van der Waals surface area contributed by atoms with E-state index in [1.54, 1.807) is 19.3 Å². The number of ether oxygens (including phenoxy) is 1. The maximum Gasteiger partial charge on any atom is 0.246 e. The van der Waals surface area contributed by atoms with Gasteiger partial charge >= 0.3 is 0 Å². The zero-order valence-corrected chi connectivity index (χ0v) is 8.77. The van der Waals surface area contributed by atoms with Gasteiger partial charge in [-0.2, -0.15) is 0 Å². The summed E-state index contributed by atoms with van der Waals surface area (Å²) >= 11 is 0. The van der Waals surface area contributed by atoms with E-state index in [0.29, 0.717) is 0 Å². The summed E-state index contributed by atoms with van der Waals surface area (Å²) < 4.78 is 5.19. The predicted molar refractivity (Wildman–Crippen MR) is 55.9 cm³/mol. The summed E-state index contributed by atoms with van der Waals surface area (Å²) in [4.78, 5) is 13.3. The van der Waals surface area contributed by atoms with Crippen molar-refractivity contribution >= 4 is 5.91 Å². The molecule has 0 radical (unpaired) electrons. The number of allylic oxidation sites excluding steroid dienone is 3. The predicted octanol–water partition coefficient (Wildman–Crippen LogP) is 1.37. The molecule has 0 aliphatic carbocycles. The van der Waals surface area contributed by atoms with E-state index in [-0.39, 0.29) is 12.0 Å². The highest BCUT2D eigenvalue weighted by molar-refractivity contribution is 5.88. The summed E-state index contributed by atoms with van der Waals surface area (Å²) in [7, 11) is 1.69. The Morgan fingerprint density at radius 2 is 2.29 bits per heavy atom. The van der Waals surface area contributed by atoms with Crippen LogP contribution in [0.3, 0.4) is 0 Å². The van der Waals surface area contributed by atoms with Gasteiger partial charge in [-0.25, -0.2) is 0 Å². The summed E-state index contributed by atoms with van der Waals surface area (Å²) in [5, 5.41) is 0. The molecular weight excluding hydrogens is 178 g/mol. The number of carbonyl (C=O) groups excluding carboxylic acids is 1. The Morgan fingerprint density at radius 3 is 2.86 bits per heavy atom. The Balaban J connectivity index is 2.39. The SMILES string of the molecule is C/C=C/C=C/C(=O)N1CCC(OC)C1. The Hall–Kier alpha value is -1.09. The van der Waals surface area contributed by atoms with E-state index >= 15 is 0 Å². The summed E-state index contributed by atoms with van der Waals surface area (Å²) in [6.45, 7) is 3.44. The summed E-state index contributed by atoms with van der Waals surface area (Å²) in [6.07, 6.45) is 8.27. The molecule has 3 heteroatoms. The van der Waals surface area contributed by atoms with Gasteiger partial charge in [0.15, 0.2) is 0 Å². The van der Waals surface area contributed by atoms with E-state index in [1.807, 2.05) is 24.0 Å². The minimum Gasteiger partial charge on any atom is -0.380 e. The summed E-state index contributed by atoms with van der Waals surface area (Å²) in [6, 6.07) is 0. The van der Waals surface area contributed by atoms with Gasteiger partial charge in [-0.15, -0.1) is 0 Å². The van der Waals surface area contributed by atoms with E-state index in [9.17, 15) is 4.79 Å².